The van der Waals surface area contributed by atoms with Crippen molar-refractivity contribution >= 4 is 55.5 Å². The van der Waals surface area contributed by atoms with E-state index in [1.807, 2.05) is 66.0 Å². The number of benzene rings is 2. The van der Waals surface area contributed by atoms with Crippen LogP contribution in [0, 0.1) is 0 Å². The third kappa shape index (κ3) is 3.80. The molecule has 2 heterocycles. The van der Waals surface area contributed by atoms with Crippen molar-refractivity contribution in [1.82, 2.24) is 4.98 Å². The largest absolute Gasteiger partial charge is 0.283 e. The van der Waals surface area contributed by atoms with Gasteiger partial charge in [0.2, 0.25) is 5.91 Å². The summed E-state index contributed by atoms with van der Waals surface area (Å²) in [5, 5.41) is 3.36. The van der Waals surface area contributed by atoms with Gasteiger partial charge in [-0.15, -0.1) is 11.3 Å². The van der Waals surface area contributed by atoms with Gasteiger partial charge in [0.1, 0.15) is 0 Å². The second kappa shape index (κ2) is 7.58. The summed E-state index contributed by atoms with van der Waals surface area (Å²) in [6, 6.07) is 19.5. The predicted molar refractivity (Wildman–Crippen MR) is 110 cm³/mol. The van der Waals surface area contributed by atoms with Crippen molar-refractivity contribution in [1.29, 1.82) is 0 Å². The Balaban J connectivity index is 1.69. The van der Waals surface area contributed by atoms with Gasteiger partial charge in [0, 0.05) is 9.90 Å². The summed E-state index contributed by atoms with van der Waals surface area (Å²) in [4.78, 5) is 20.5. The number of thiophene rings is 1. The van der Waals surface area contributed by atoms with Crippen molar-refractivity contribution in [2.24, 2.45) is 0 Å². The Kier molecular flexibility index (Phi) is 5.02. The summed E-state index contributed by atoms with van der Waals surface area (Å²) in [5.74, 6) is 0.0430. The Hall–Kier alpha value is -2.21. The van der Waals surface area contributed by atoms with Crippen LogP contribution in [0.15, 0.2) is 66.0 Å². The summed E-state index contributed by atoms with van der Waals surface area (Å²) in [6.07, 6.45) is 0.376. The number of carbonyl (C=O) groups is 1. The lowest BCUT2D eigenvalue weighted by molar-refractivity contribution is -0.118. The standard InChI is InChI=1S/C20H15ClN2OS2/c21-15-8-9-17-18(11-15)26-20(22-17)23(13-14-5-2-1-3-6-14)19(24)12-16-7-4-10-25-16/h1-11H,12-13H2. The molecule has 2 aromatic heterocycles. The first kappa shape index (κ1) is 17.2. The average molecular weight is 399 g/mol. The zero-order valence-electron chi connectivity index (χ0n) is 13.8. The minimum Gasteiger partial charge on any atom is -0.283 e. The molecule has 26 heavy (non-hydrogen) atoms. The highest BCUT2D eigenvalue weighted by Gasteiger charge is 2.21. The fourth-order valence-corrected chi connectivity index (χ4v) is 4.64. The Labute approximate surface area is 164 Å². The minimum atomic E-state index is 0.0430. The van der Waals surface area contributed by atoms with E-state index >= 15 is 0 Å². The highest BCUT2D eigenvalue weighted by molar-refractivity contribution is 7.22. The van der Waals surface area contributed by atoms with Crippen LogP contribution >= 0.6 is 34.3 Å². The van der Waals surface area contributed by atoms with Crippen molar-refractivity contribution < 1.29 is 4.79 Å². The third-order valence-electron chi connectivity index (χ3n) is 3.96. The first-order valence-corrected chi connectivity index (χ1v) is 10.2. The van der Waals surface area contributed by atoms with Crippen LogP contribution in [0.3, 0.4) is 0 Å². The van der Waals surface area contributed by atoms with E-state index in [1.54, 1.807) is 16.2 Å². The first-order valence-electron chi connectivity index (χ1n) is 8.12. The molecule has 0 unspecified atom stereocenters. The maximum absolute atomic E-state index is 13.0. The molecule has 4 rings (SSSR count). The SMILES string of the molecule is O=C(Cc1cccs1)N(Cc1ccccc1)c1nc2ccc(Cl)cc2s1. The van der Waals surface area contributed by atoms with Crippen LogP contribution < -0.4 is 4.90 Å². The molecule has 0 atom stereocenters. The number of rotatable bonds is 5. The molecule has 1 amide bonds. The average Bonchev–Trinajstić information content (AvgIpc) is 3.29. The number of carbonyl (C=O) groups excluding carboxylic acids is 1. The molecule has 2 aromatic carbocycles. The van der Waals surface area contributed by atoms with Gasteiger partial charge in [-0.2, -0.15) is 0 Å². The highest BCUT2D eigenvalue weighted by atomic mass is 35.5. The molecular weight excluding hydrogens is 384 g/mol. The monoisotopic (exact) mass is 398 g/mol. The van der Waals surface area contributed by atoms with Crippen LogP contribution in [-0.4, -0.2) is 10.9 Å². The van der Waals surface area contributed by atoms with E-state index in [-0.39, 0.29) is 5.91 Å². The van der Waals surface area contributed by atoms with E-state index in [0.29, 0.717) is 23.1 Å². The lowest BCUT2D eigenvalue weighted by Gasteiger charge is -2.19. The molecule has 0 N–H and O–H groups in total. The van der Waals surface area contributed by atoms with Crippen LogP contribution in [0.1, 0.15) is 10.4 Å². The molecule has 0 spiro atoms. The molecule has 0 aliphatic rings. The van der Waals surface area contributed by atoms with E-state index in [1.165, 1.54) is 11.3 Å². The summed E-state index contributed by atoms with van der Waals surface area (Å²) >= 11 is 9.18. The topological polar surface area (TPSA) is 33.2 Å². The number of nitrogens with zero attached hydrogens (tertiary/aromatic N) is 2. The van der Waals surface area contributed by atoms with Crippen LogP contribution in [0.2, 0.25) is 5.02 Å². The number of hydrogen-bond acceptors (Lipinski definition) is 4. The van der Waals surface area contributed by atoms with Crippen molar-refractivity contribution in [2.45, 2.75) is 13.0 Å². The van der Waals surface area contributed by atoms with E-state index < -0.39 is 0 Å². The normalized spacial score (nSPS) is 11.0. The molecule has 4 aromatic rings. The van der Waals surface area contributed by atoms with Crippen molar-refractivity contribution in [3.8, 4) is 0 Å². The molecular formula is C20H15ClN2OS2. The van der Waals surface area contributed by atoms with Gasteiger partial charge in [-0.25, -0.2) is 4.98 Å². The summed E-state index contributed by atoms with van der Waals surface area (Å²) in [6.45, 7) is 0.499. The minimum absolute atomic E-state index is 0.0430. The number of amides is 1. The smallest absolute Gasteiger partial charge is 0.234 e. The van der Waals surface area contributed by atoms with Gasteiger partial charge in [0.05, 0.1) is 23.2 Å². The number of aromatic nitrogens is 1. The van der Waals surface area contributed by atoms with Crippen LogP contribution in [-0.2, 0) is 17.8 Å². The fourth-order valence-electron chi connectivity index (χ4n) is 2.69. The molecule has 0 saturated heterocycles. The van der Waals surface area contributed by atoms with Gasteiger partial charge < -0.3 is 0 Å². The zero-order valence-corrected chi connectivity index (χ0v) is 16.2. The second-order valence-electron chi connectivity index (χ2n) is 5.83. The van der Waals surface area contributed by atoms with E-state index in [4.69, 9.17) is 11.6 Å². The molecule has 0 saturated carbocycles. The van der Waals surface area contributed by atoms with Crippen molar-refractivity contribution in [2.75, 3.05) is 4.90 Å². The maximum atomic E-state index is 13.0. The highest BCUT2D eigenvalue weighted by Crippen LogP contribution is 2.32. The van der Waals surface area contributed by atoms with Gasteiger partial charge in [-0.05, 0) is 35.2 Å². The molecule has 0 fully saturated rings. The number of thiazole rings is 1. The van der Waals surface area contributed by atoms with Crippen molar-refractivity contribution in [3.05, 3.63) is 81.5 Å². The van der Waals surface area contributed by atoms with Gasteiger partial charge in [-0.1, -0.05) is 59.3 Å². The Morgan fingerprint density at radius 3 is 2.69 bits per heavy atom. The number of fused-ring (bicyclic) bond motifs is 1. The number of halogens is 1. The summed E-state index contributed by atoms with van der Waals surface area (Å²) in [7, 11) is 0. The molecule has 3 nitrogen and oxygen atoms in total. The van der Waals surface area contributed by atoms with Gasteiger partial charge in [0.15, 0.2) is 5.13 Å². The van der Waals surface area contributed by atoms with Gasteiger partial charge >= 0.3 is 0 Å². The molecule has 0 bridgehead atoms. The Morgan fingerprint density at radius 2 is 1.92 bits per heavy atom. The molecule has 0 aliphatic carbocycles. The quantitative estimate of drug-likeness (QED) is 0.426. The van der Waals surface area contributed by atoms with Crippen molar-refractivity contribution in [3.63, 3.8) is 0 Å². The van der Waals surface area contributed by atoms with Gasteiger partial charge in [0.25, 0.3) is 0 Å². The fraction of sp³-hybridized carbons (Fsp3) is 0.100. The Bertz CT molecular complexity index is 1030. The number of anilines is 1. The second-order valence-corrected chi connectivity index (χ2v) is 8.31. The maximum Gasteiger partial charge on any atom is 0.234 e. The lowest BCUT2D eigenvalue weighted by Crippen LogP contribution is -2.31. The first-order chi connectivity index (χ1) is 12.7. The predicted octanol–water partition coefficient (Wildman–Crippen LogP) is 5.79. The van der Waals surface area contributed by atoms with Crippen LogP contribution in [0.5, 0.6) is 0 Å². The van der Waals surface area contributed by atoms with Crippen LogP contribution in [0.4, 0.5) is 5.13 Å². The van der Waals surface area contributed by atoms with Crippen LogP contribution in [0.25, 0.3) is 10.2 Å². The zero-order chi connectivity index (χ0) is 17.9. The molecule has 6 heteroatoms. The summed E-state index contributed by atoms with van der Waals surface area (Å²) < 4.78 is 0.981. The van der Waals surface area contributed by atoms with E-state index in [9.17, 15) is 4.79 Å². The number of hydrogen-bond donors (Lipinski definition) is 0. The molecule has 0 radical (unpaired) electrons. The van der Waals surface area contributed by atoms with Gasteiger partial charge in [-0.3, -0.25) is 9.69 Å². The van der Waals surface area contributed by atoms with E-state index in [2.05, 4.69) is 4.98 Å². The third-order valence-corrected chi connectivity index (χ3v) is 6.11. The lowest BCUT2D eigenvalue weighted by atomic mass is 10.2. The molecule has 0 aliphatic heterocycles. The Morgan fingerprint density at radius 1 is 1.08 bits per heavy atom. The molecule has 130 valence electrons. The summed E-state index contributed by atoms with van der Waals surface area (Å²) in [5.41, 5.74) is 1.93. The van der Waals surface area contributed by atoms with E-state index in [0.717, 1.165) is 20.7 Å².